The van der Waals surface area contributed by atoms with Gasteiger partial charge in [0.15, 0.2) is 0 Å². The van der Waals surface area contributed by atoms with Crippen molar-refractivity contribution >= 4 is 28.5 Å². The van der Waals surface area contributed by atoms with Crippen LogP contribution in [0.15, 0.2) is 22.6 Å². The summed E-state index contributed by atoms with van der Waals surface area (Å²) < 4.78 is 10.7. The predicted molar refractivity (Wildman–Crippen MR) is 112 cm³/mol. The Labute approximate surface area is 171 Å². The summed E-state index contributed by atoms with van der Waals surface area (Å²) in [6.45, 7) is 4.80. The summed E-state index contributed by atoms with van der Waals surface area (Å²) in [5, 5.41) is 7.30. The number of ether oxygens (including phenoxy) is 1. The molecule has 1 amide bonds. The van der Waals surface area contributed by atoms with E-state index in [2.05, 4.69) is 10.6 Å². The Balaban J connectivity index is 1.50. The number of rotatable bonds is 5. The van der Waals surface area contributed by atoms with Crippen molar-refractivity contribution in [3.63, 3.8) is 0 Å². The van der Waals surface area contributed by atoms with Gasteiger partial charge in [-0.1, -0.05) is 32.1 Å². The van der Waals surface area contributed by atoms with Crippen molar-refractivity contribution < 1.29 is 18.7 Å². The number of carbonyl (C=O) groups excluding carboxylic acids is 2. The molecule has 29 heavy (non-hydrogen) atoms. The quantitative estimate of drug-likeness (QED) is 0.729. The monoisotopic (exact) mass is 398 g/mol. The van der Waals surface area contributed by atoms with Crippen LogP contribution in [0.2, 0.25) is 0 Å². The third-order valence-electron chi connectivity index (χ3n) is 6.47. The molecule has 156 valence electrons. The van der Waals surface area contributed by atoms with Gasteiger partial charge in [-0.3, -0.25) is 4.79 Å². The number of amides is 1. The van der Waals surface area contributed by atoms with E-state index < -0.39 is 5.97 Å². The molecule has 2 aromatic rings. The van der Waals surface area contributed by atoms with Crippen LogP contribution >= 0.6 is 0 Å². The molecule has 1 aliphatic heterocycles. The minimum atomic E-state index is -0.461. The molecule has 2 fully saturated rings. The lowest BCUT2D eigenvalue weighted by Crippen LogP contribution is -2.42. The Morgan fingerprint density at radius 3 is 2.76 bits per heavy atom. The van der Waals surface area contributed by atoms with Gasteiger partial charge in [-0.05, 0) is 56.8 Å². The van der Waals surface area contributed by atoms with Crippen molar-refractivity contribution in [1.82, 2.24) is 5.32 Å². The molecular weight excluding hydrogens is 368 g/mol. The van der Waals surface area contributed by atoms with Gasteiger partial charge in [0.05, 0.1) is 12.6 Å². The molecule has 0 radical (unpaired) electrons. The molecule has 0 spiro atoms. The van der Waals surface area contributed by atoms with E-state index in [0.717, 1.165) is 29.6 Å². The van der Waals surface area contributed by atoms with Gasteiger partial charge >= 0.3 is 5.97 Å². The number of carbonyl (C=O) groups is 2. The normalized spacial score (nSPS) is 22.7. The summed E-state index contributed by atoms with van der Waals surface area (Å²) >= 11 is 0. The van der Waals surface area contributed by atoms with Crippen molar-refractivity contribution in [3.05, 3.63) is 29.5 Å². The molecule has 1 aromatic heterocycles. The zero-order chi connectivity index (χ0) is 20.4. The lowest BCUT2D eigenvalue weighted by Gasteiger charge is -2.30. The Morgan fingerprint density at radius 2 is 2.00 bits per heavy atom. The van der Waals surface area contributed by atoms with Crippen LogP contribution in [0.4, 0.5) is 5.69 Å². The number of fused-ring (bicyclic) bond motifs is 1. The second kappa shape index (κ2) is 8.57. The standard InChI is InChI=1S/C23H30N2O4/c1-3-28-23(27)21-14(2)18-13-16(9-10-19(18)29-21)25-22(26)20-17(11-12-24-20)15-7-5-4-6-8-15/h9-10,13,15,17,20,24H,3-8,11-12H2,1-2H3,(H,25,26)/t17-,20-/m0/s1. The zero-order valence-electron chi connectivity index (χ0n) is 17.3. The summed E-state index contributed by atoms with van der Waals surface area (Å²) in [5.74, 6) is 0.868. The second-order valence-corrected chi connectivity index (χ2v) is 8.26. The van der Waals surface area contributed by atoms with Gasteiger partial charge in [0.2, 0.25) is 11.7 Å². The lowest BCUT2D eigenvalue weighted by atomic mass is 9.76. The SMILES string of the molecule is CCOC(=O)c1oc2ccc(NC(=O)[C@H]3NCC[C@H]3C3CCCCC3)cc2c1C. The summed E-state index contributed by atoms with van der Waals surface area (Å²) in [7, 11) is 0. The van der Waals surface area contributed by atoms with Crippen LogP contribution in [0.3, 0.4) is 0 Å². The first-order valence-corrected chi connectivity index (χ1v) is 10.8. The zero-order valence-corrected chi connectivity index (χ0v) is 17.3. The first-order chi connectivity index (χ1) is 14.1. The van der Waals surface area contributed by atoms with Gasteiger partial charge in [0, 0.05) is 16.6 Å². The minimum absolute atomic E-state index is 0.0317. The molecule has 0 unspecified atom stereocenters. The Kier molecular flexibility index (Phi) is 5.90. The van der Waals surface area contributed by atoms with Crippen LogP contribution in [0.1, 0.15) is 61.6 Å². The van der Waals surface area contributed by atoms with Crippen LogP contribution in [0, 0.1) is 18.8 Å². The molecule has 2 heterocycles. The van der Waals surface area contributed by atoms with Crippen LogP contribution in [-0.2, 0) is 9.53 Å². The van der Waals surface area contributed by atoms with Crippen LogP contribution in [0.5, 0.6) is 0 Å². The highest BCUT2D eigenvalue weighted by Gasteiger charge is 2.38. The summed E-state index contributed by atoms with van der Waals surface area (Å²) in [6.07, 6.45) is 7.46. The number of anilines is 1. The number of furan rings is 1. The number of hydrogen-bond acceptors (Lipinski definition) is 5. The Hall–Kier alpha value is -2.34. The van der Waals surface area contributed by atoms with Crippen LogP contribution < -0.4 is 10.6 Å². The molecule has 6 nitrogen and oxygen atoms in total. The molecule has 2 atom stereocenters. The van der Waals surface area contributed by atoms with E-state index in [1.165, 1.54) is 32.1 Å². The predicted octanol–water partition coefficient (Wildman–Crippen LogP) is 4.41. The lowest BCUT2D eigenvalue weighted by molar-refractivity contribution is -0.119. The number of benzene rings is 1. The molecule has 2 aliphatic rings. The molecule has 2 N–H and O–H groups in total. The fourth-order valence-electron chi connectivity index (χ4n) is 4.99. The number of nitrogens with one attached hydrogen (secondary N) is 2. The molecule has 0 bridgehead atoms. The third kappa shape index (κ3) is 4.04. The fourth-order valence-corrected chi connectivity index (χ4v) is 4.99. The third-order valence-corrected chi connectivity index (χ3v) is 6.47. The van der Waals surface area contributed by atoms with Crippen LogP contribution in [0.25, 0.3) is 11.0 Å². The smallest absolute Gasteiger partial charge is 0.374 e. The average Bonchev–Trinajstić information content (AvgIpc) is 3.34. The number of esters is 1. The highest BCUT2D eigenvalue weighted by molar-refractivity contribution is 6.00. The molecule has 1 aromatic carbocycles. The van der Waals surface area contributed by atoms with Gasteiger partial charge in [0.1, 0.15) is 5.58 Å². The van der Waals surface area contributed by atoms with Crippen molar-refractivity contribution in [2.45, 2.75) is 58.4 Å². The van der Waals surface area contributed by atoms with E-state index in [-0.39, 0.29) is 17.7 Å². The van der Waals surface area contributed by atoms with Crippen molar-refractivity contribution in [2.75, 3.05) is 18.5 Å². The molecule has 1 saturated heterocycles. The number of aryl methyl sites for hydroxylation is 1. The van der Waals surface area contributed by atoms with Crippen molar-refractivity contribution in [1.29, 1.82) is 0 Å². The van der Waals surface area contributed by atoms with Gasteiger partial charge in [0.25, 0.3) is 0 Å². The second-order valence-electron chi connectivity index (χ2n) is 8.26. The highest BCUT2D eigenvalue weighted by Crippen LogP contribution is 2.36. The van der Waals surface area contributed by atoms with Crippen molar-refractivity contribution in [3.8, 4) is 0 Å². The minimum Gasteiger partial charge on any atom is -0.460 e. The average molecular weight is 399 g/mol. The molecule has 6 heteroatoms. The molecule has 4 rings (SSSR count). The van der Waals surface area contributed by atoms with E-state index in [1.54, 1.807) is 13.0 Å². The van der Waals surface area contributed by atoms with E-state index >= 15 is 0 Å². The van der Waals surface area contributed by atoms with E-state index in [0.29, 0.717) is 24.0 Å². The first-order valence-electron chi connectivity index (χ1n) is 10.8. The van der Waals surface area contributed by atoms with E-state index in [4.69, 9.17) is 9.15 Å². The highest BCUT2D eigenvalue weighted by atomic mass is 16.5. The largest absolute Gasteiger partial charge is 0.460 e. The topological polar surface area (TPSA) is 80.6 Å². The maximum atomic E-state index is 13.0. The van der Waals surface area contributed by atoms with Gasteiger partial charge in [-0.15, -0.1) is 0 Å². The van der Waals surface area contributed by atoms with Gasteiger partial charge in [-0.25, -0.2) is 4.79 Å². The van der Waals surface area contributed by atoms with Crippen LogP contribution in [-0.4, -0.2) is 31.1 Å². The van der Waals surface area contributed by atoms with Gasteiger partial charge < -0.3 is 19.8 Å². The van der Waals surface area contributed by atoms with Crippen molar-refractivity contribution in [2.24, 2.45) is 11.8 Å². The van der Waals surface area contributed by atoms with Gasteiger partial charge in [-0.2, -0.15) is 0 Å². The fraction of sp³-hybridized carbons (Fsp3) is 0.565. The Morgan fingerprint density at radius 1 is 1.21 bits per heavy atom. The molecular formula is C23H30N2O4. The summed E-state index contributed by atoms with van der Waals surface area (Å²) in [6, 6.07) is 5.36. The van der Waals surface area contributed by atoms with E-state index in [1.807, 2.05) is 19.1 Å². The maximum absolute atomic E-state index is 13.0. The Bertz CT molecular complexity index is 898. The number of hydrogen-bond donors (Lipinski definition) is 2. The summed E-state index contributed by atoms with van der Waals surface area (Å²) in [5.41, 5.74) is 2.06. The maximum Gasteiger partial charge on any atom is 0.374 e. The van der Waals surface area contributed by atoms with E-state index in [9.17, 15) is 9.59 Å². The molecule has 1 saturated carbocycles. The summed E-state index contributed by atoms with van der Waals surface area (Å²) in [4.78, 5) is 25.1. The first kappa shape index (κ1) is 20.0. The molecule has 1 aliphatic carbocycles.